The third-order valence-corrected chi connectivity index (χ3v) is 8.40. The lowest BCUT2D eigenvalue weighted by Gasteiger charge is -2.12. The van der Waals surface area contributed by atoms with Crippen LogP contribution in [0.4, 0.5) is 5.00 Å². The molecule has 3 heterocycles. The van der Waals surface area contributed by atoms with Crippen LogP contribution < -0.4 is 10.9 Å². The lowest BCUT2D eigenvalue weighted by Crippen LogP contribution is -2.24. The van der Waals surface area contributed by atoms with E-state index in [4.69, 9.17) is 4.74 Å². The largest absolute Gasteiger partial charge is 0.462 e. The molecule has 0 bridgehead atoms. The van der Waals surface area contributed by atoms with Crippen LogP contribution in [-0.2, 0) is 22.4 Å². The normalized spacial score (nSPS) is 14.1. The van der Waals surface area contributed by atoms with Crippen LogP contribution in [0.3, 0.4) is 0 Å². The van der Waals surface area contributed by atoms with Crippen molar-refractivity contribution in [3.05, 3.63) is 62.9 Å². The Morgan fingerprint density at radius 3 is 2.78 bits per heavy atom. The van der Waals surface area contributed by atoms with Crippen LogP contribution in [0.5, 0.6) is 0 Å². The van der Waals surface area contributed by atoms with Crippen LogP contribution in [-0.4, -0.2) is 43.5 Å². The number of anilines is 1. The summed E-state index contributed by atoms with van der Waals surface area (Å²) in [5, 5.41) is 7.89. The Kier molecular flexibility index (Phi) is 7.43. The van der Waals surface area contributed by atoms with Crippen molar-refractivity contribution in [2.24, 2.45) is 0 Å². The van der Waals surface area contributed by atoms with E-state index in [-0.39, 0.29) is 18.1 Å². The van der Waals surface area contributed by atoms with E-state index in [0.29, 0.717) is 26.8 Å². The summed E-state index contributed by atoms with van der Waals surface area (Å²) in [5.41, 5.74) is 2.35. The van der Waals surface area contributed by atoms with Gasteiger partial charge in [0.25, 0.3) is 5.56 Å². The maximum atomic E-state index is 13.2. The van der Waals surface area contributed by atoms with Crippen molar-refractivity contribution in [1.82, 2.24) is 19.7 Å². The van der Waals surface area contributed by atoms with Gasteiger partial charge in [-0.15, -0.1) is 11.3 Å². The maximum Gasteiger partial charge on any atom is 0.341 e. The number of H-pyrrole nitrogens is 1. The zero-order chi connectivity index (χ0) is 25.9. The van der Waals surface area contributed by atoms with Crippen molar-refractivity contribution >= 4 is 51.0 Å². The molecule has 9 nitrogen and oxygen atoms in total. The molecule has 0 saturated carbocycles. The van der Waals surface area contributed by atoms with Gasteiger partial charge in [0.2, 0.25) is 5.91 Å². The van der Waals surface area contributed by atoms with Crippen LogP contribution >= 0.6 is 23.1 Å². The van der Waals surface area contributed by atoms with Crippen molar-refractivity contribution in [2.75, 3.05) is 11.9 Å². The molecule has 4 aromatic rings. The molecular weight excluding hydrogens is 510 g/mol. The number of benzene rings is 1. The topological polar surface area (TPSA) is 119 Å². The predicted octanol–water partition coefficient (Wildman–Crippen LogP) is 4.74. The van der Waals surface area contributed by atoms with Gasteiger partial charge in [-0.25, -0.2) is 14.5 Å². The summed E-state index contributed by atoms with van der Waals surface area (Å²) in [7, 11) is 0. The highest BCUT2D eigenvalue weighted by atomic mass is 32.2. The van der Waals surface area contributed by atoms with Gasteiger partial charge in [-0.2, -0.15) is 5.10 Å². The number of esters is 1. The molecule has 1 unspecified atom stereocenters. The molecule has 3 aromatic heterocycles. The summed E-state index contributed by atoms with van der Waals surface area (Å²) in [5.74, 6) is -0.686. The fraction of sp³-hybridized carbons (Fsp3) is 0.346. The number of para-hydroxylation sites is 1. The fourth-order valence-corrected chi connectivity index (χ4v) is 6.47. The Morgan fingerprint density at radius 1 is 1.22 bits per heavy atom. The number of aryl methyl sites for hydroxylation is 1. The van der Waals surface area contributed by atoms with Crippen LogP contribution in [0.15, 0.2) is 46.5 Å². The molecule has 2 N–H and O–H groups in total. The third-order valence-electron chi connectivity index (χ3n) is 6.21. The van der Waals surface area contributed by atoms with Crippen molar-refractivity contribution in [3.8, 4) is 5.69 Å². The number of carbonyl (C=O) groups is 2. The minimum atomic E-state index is -0.592. The molecule has 1 aliphatic rings. The summed E-state index contributed by atoms with van der Waals surface area (Å²) in [6.07, 6.45) is 6.38. The number of aromatic amines is 1. The van der Waals surface area contributed by atoms with Crippen LogP contribution in [0, 0.1) is 0 Å². The van der Waals surface area contributed by atoms with Gasteiger partial charge in [0, 0.05) is 4.88 Å². The maximum absolute atomic E-state index is 13.2. The number of amides is 1. The zero-order valence-electron chi connectivity index (χ0n) is 20.6. The van der Waals surface area contributed by atoms with Crippen molar-refractivity contribution < 1.29 is 14.3 Å². The Bertz CT molecular complexity index is 1510. The summed E-state index contributed by atoms with van der Waals surface area (Å²) >= 11 is 2.60. The molecule has 1 aromatic carbocycles. The van der Waals surface area contributed by atoms with Gasteiger partial charge < -0.3 is 15.0 Å². The third kappa shape index (κ3) is 5.19. The molecule has 0 aliphatic heterocycles. The number of thiophene rings is 1. The molecule has 1 atom stereocenters. The van der Waals surface area contributed by atoms with Crippen LogP contribution in [0.1, 0.15) is 53.9 Å². The van der Waals surface area contributed by atoms with E-state index in [1.165, 1.54) is 17.5 Å². The molecule has 0 fully saturated rings. The number of ether oxygens (including phenoxy) is 1. The SMILES string of the molecule is CCOC(=O)c1c(NC(=O)C(C)Sc2nc3c(cnn3-c3ccccc3)c(=O)[nH]2)sc2c1CCCCC2. The molecule has 1 amide bonds. The molecule has 37 heavy (non-hydrogen) atoms. The van der Waals surface area contributed by atoms with Gasteiger partial charge in [-0.05, 0) is 57.2 Å². The van der Waals surface area contributed by atoms with Gasteiger partial charge in [-0.1, -0.05) is 36.4 Å². The van der Waals surface area contributed by atoms with E-state index in [0.717, 1.165) is 60.0 Å². The monoisotopic (exact) mass is 537 g/mol. The number of nitrogens with zero attached hydrogens (tertiary/aromatic N) is 3. The van der Waals surface area contributed by atoms with Gasteiger partial charge in [-0.3, -0.25) is 9.59 Å². The van der Waals surface area contributed by atoms with E-state index in [1.807, 2.05) is 30.3 Å². The minimum Gasteiger partial charge on any atom is -0.462 e. The van der Waals surface area contributed by atoms with Crippen molar-refractivity contribution in [2.45, 2.75) is 56.4 Å². The Morgan fingerprint density at radius 2 is 2.00 bits per heavy atom. The number of thioether (sulfide) groups is 1. The smallest absolute Gasteiger partial charge is 0.341 e. The highest BCUT2D eigenvalue weighted by Gasteiger charge is 2.28. The predicted molar refractivity (Wildman–Crippen MR) is 145 cm³/mol. The lowest BCUT2D eigenvalue weighted by molar-refractivity contribution is -0.115. The van der Waals surface area contributed by atoms with Crippen molar-refractivity contribution in [3.63, 3.8) is 0 Å². The number of aromatic nitrogens is 4. The molecule has 0 spiro atoms. The fourth-order valence-electron chi connectivity index (χ4n) is 4.40. The van der Waals surface area contributed by atoms with E-state index in [9.17, 15) is 14.4 Å². The van der Waals surface area contributed by atoms with Crippen LogP contribution in [0.25, 0.3) is 16.7 Å². The first kappa shape index (κ1) is 25.2. The molecule has 1 aliphatic carbocycles. The van der Waals surface area contributed by atoms with E-state index in [1.54, 1.807) is 18.5 Å². The van der Waals surface area contributed by atoms with Gasteiger partial charge >= 0.3 is 5.97 Å². The molecule has 5 rings (SSSR count). The highest BCUT2D eigenvalue weighted by Crippen LogP contribution is 2.38. The summed E-state index contributed by atoms with van der Waals surface area (Å²) in [6, 6.07) is 9.42. The summed E-state index contributed by atoms with van der Waals surface area (Å²) < 4.78 is 6.92. The number of carbonyl (C=O) groups excluding carboxylic acids is 2. The van der Waals surface area contributed by atoms with E-state index in [2.05, 4.69) is 20.4 Å². The molecule has 0 saturated heterocycles. The number of rotatable bonds is 7. The standard InChI is InChI=1S/C26H27N5O4S2/c1-3-35-25(34)20-17-12-8-5-9-13-19(17)37-24(20)29-22(32)15(2)36-26-28-21-18(23(33)30-26)14-27-31(21)16-10-6-4-7-11-16/h4,6-7,10-11,14-15H,3,5,8-9,12-13H2,1-2H3,(H,29,32)(H,28,30,33). The highest BCUT2D eigenvalue weighted by molar-refractivity contribution is 8.00. The van der Waals surface area contributed by atoms with Crippen molar-refractivity contribution in [1.29, 1.82) is 0 Å². The molecule has 0 radical (unpaired) electrons. The van der Waals surface area contributed by atoms with Gasteiger partial charge in [0.15, 0.2) is 10.8 Å². The number of hydrogen-bond donors (Lipinski definition) is 2. The second-order valence-corrected chi connectivity index (χ2v) is 11.2. The summed E-state index contributed by atoms with van der Waals surface area (Å²) in [4.78, 5) is 47.2. The van der Waals surface area contributed by atoms with Gasteiger partial charge in [0.05, 0.1) is 29.3 Å². The molecular formula is C26H27N5O4S2. The Balaban J connectivity index is 1.39. The second-order valence-electron chi connectivity index (χ2n) is 8.74. The quantitative estimate of drug-likeness (QED) is 0.151. The number of nitrogens with one attached hydrogen (secondary N) is 2. The first-order valence-corrected chi connectivity index (χ1v) is 14.0. The Hall–Kier alpha value is -3.44. The average Bonchev–Trinajstić information content (AvgIpc) is 3.38. The second kappa shape index (κ2) is 10.9. The number of hydrogen-bond acceptors (Lipinski definition) is 8. The van der Waals surface area contributed by atoms with Crippen LogP contribution in [0.2, 0.25) is 0 Å². The Labute approximate surface area is 221 Å². The number of fused-ring (bicyclic) bond motifs is 2. The zero-order valence-corrected chi connectivity index (χ0v) is 22.2. The summed E-state index contributed by atoms with van der Waals surface area (Å²) in [6.45, 7) is 3.78. The first-order valence-electron chi connectivity index (χ1n) is 12.3. The van der Waals surface area contributed by atoms with Gasteiger partial charge in [0.1, 0.15) is 10.4 Å². The first-order chi connectivity index (χ1) is 18.0. The molecule has 11 heteroatoms. The molecule has 192 valence electrons. The lowest BCUT2D eigenvalue weighted by atomic mass is 10.1. The van der Waals surface area contributed by atoms with E-state index < -0.39 is 11.2 Å². The average molecular weight is 538 g/mol. The van der Waals surface area contributed by atoms with E-state index >= 15 is 0 Å². The minimum absolute atomic E-state index is 0.268.